The molecule has 0 radical (unpaired) electrons. The lowest BCUT2D eigenvalue weighted by Crippen LogP contribution is -2.52. The first-order chi connectivity index (χ1) is 10.6. The SMILES string of the molecule is CCOc1ccc(N2CCN(C(=O)NCC(C)C)CC2)cc1. The van der Waals surface area contributed by atoms with Crippen molar-refractivity contribution in [2.24, 2.45) is 5.92 Å². The van der Waals surface area contributed by atoms with Gasteiger partial charge in [0, 0.05) is 38.4 Å². The standard InChI is InChI=1S/C17H27N3O2/c1-4-22-16-7-5-15(6-8-16)19-9-11-20(12-10-19)17(21)18-13-14(2)3/h5-8,14H,4,9-13H2,1-3H3,(H,18,21). The Morgan fingerprint density at radius 2 is 1.82 bits per heavy atom. The second-order valence-corrected chi connectivity index (χ2v) is 5.98. The topological polar surface area (TPSA) is 44.8 Å². The Balaban J connectivity index is 1.82. The predicted molar refractivity (Wildman–Crippen MR) is 89.6 cm³/mol. The highest BCUT2D eigenvalue weighted by Gasteiger charge is 2.21. The van der Waals surface area contributed by atoms with Crippen molar-refractivity contribution >= 4 is 11.7 Å². The summed E-state index contributed by atoms with van der Waals surface area (Å²) in [6.07, 6.45) is 0. The van der Waals surface area contributed by atoms with E-state index < -0.39 is 0 Å². The maximum absolute atomic E-state index is 12.0. The third kappa shape index (κ3) is 4.55. The summed E-state index contributed by atoms with van der Waals surface area (Å²) < 4.78 is 5.46. The summed E-state index contributed by atoms with van der Waals surface area (Å²) in [4.78, 5) is 16.2. The van der Waals surface area contributed by atoms with Crippen molar-refractivity contribution in [1.29, 1.82) is 0 Å². The minimum absolute atomic E-state index is 0.0556. The lowest BCUT2D eigenvalue weighted by Gasteiger charge is -2.36. The van der Waals surface area contributed by atoms with Crippen molar-refractivity contribution in [2.75, 3.05) is 44.2 Å². The number of benzene rings is 1. The van der Waals surface area contributed by atoms with Crippen LogP contribution >= 0.6 is 0 Å². The molecule has 0 atom stereocenters. The smallest absolute Gasteiger partial charge is 0.317 e. The van der Waals surface area contributed by atoms with Crippen LogP contribution in [0.2, 0.25) is 0 Å². The van der Waals surface area contributed by atoms with Gasteiger partial charge >= 0.3 is 6.03 Å². The van der Waals surface area contributed by atoms with Gasteiger partial charge < -0.3 is 19.9 Å². The van der Waals surface area contributed by atoms with Crippen LogP contribution in [0.1, 0.15) is 20.8 Å². The van der Waals surface area contributed by atoms with E-state index in [4.69, 9.17) is 4.74 Å². The molecule has 1 aromatic rings. The molecule has 5 heteroatoms. The number of piperazine rings is 1. The number of hydrogen-bond acceptors (Lipinski definition) is 3. The monoisotopic (exact) mass is 305 g/mol. The third-order valence-corrected chi connectivity index (χ3v) is 3.74. The van der Waals surface area contributed by atoms with Crippen molar-refractivity contribution in [2.45, 2.75) is 20.8 Å². The molecule has 0 spiro atoms. The van der Waals surface area contributed by atoms with Gasteiger partial charge in [0.1, 0.15) is 5.75 Å². The van der Waals surface area contributed by atoms with Gasteiger partial charge in [-0.05, 0) is 37.1 Å². The number of nitrogens with one attached hydrogen (secondary N) is 1. The van der Waals surface area contributed by atoms with Crippen LogP contribution in [0.5, 0.6) is 5.75 Å². The molecular weight excluding hydrogens is 278 g/mol. The van der Waals surface area contributed by atoms with E-state index in [0.717, 1.165) is 38.5 Å². The average molecular weight is 305 g/mol. The summed E-state index contributed by atoms with van der Waals surface area (Å²) in [5.41, 5.74) is 1.19. The maximum atomic E-state index is 12.0. The van der Waals surface area contributed by atoms with E-state index in [1.807, 2.05) is 24.0 Å². The molecule has 1 aromatic carbocycles. The minimum Gasteiger partial charge on any atom is -0.494 e. The van der Waals surface area contributed by atoms with E-state index in [1.54, 1.807) is 0 Å². The van der Waals surface area contributed by atoms with Crippen LogP contribution in [-0.2, 0) is 0 Å². The van der Waals surface area contributed by atoms with Crippen molar-refractivity contribution in [3.8, 4) is 5.75 Å². The number of nitrogens with zero attached hydrogens (tertiary/aromatic N) is 2. The zero-order chi connectivity index (χ0) is 15.9. The Labute approximate surface area is 133 Å². The van der Waals surface area contributed by atoms with Crippen molar-refractivity contribution in [1.82, 2.24) is 10.2 Å². The van der Waals surface area contributed by atoms with Gasteiger partial charge in [-0.3, -0.25) is 0 Å². The number of hydrogen-bond donors (Lipinski definition) is 1. The molecular formula is C17H27N3O2. The number of anilines is 1. The molecule has 1 aliphatic rings. The number of carbonyl (C=O) groups excluding carboxylic acids is 1. The molecule has 0 aliphatic carbocycles. The Morgan fingerprint density at radius 1 is 1.18 bits per heavy atom. The van der Waals surface area contributed by atoms with E-state index in [-0.39, 0.29) is 6.03 Å². The van der Waals surface area contributed by atoms with Crippen LogP contribution < -0.4 is 15.0 Å². The van der Waals surface area contributed by atoms with Crippen LogP contribution in [0.25, 0.3) is 0 Å². The molecule has 0 unspecified atom stereocenters. The number of amides is 2. The molecule has 2 rings (SSSR count). The molecule has 1 aliphatic heterocycles. The van der Waals surface area contributed by atoms with Crippen LogP contribution in [0, 0.1) is 5.92 Å². The molecule has 1 heterocycles. The molecule has 0 bridgehead atoms. The first-order valence-electron chi connectivity index (χ1n) is 8.10. The highest BCUT2D eigenvalue weighted by atomic mass is 16.5. The molecule has 22 heavy (non-hydrogen) atoms. The average Bonchev–Trinajstić information content (AvgIpc) is 2.54. The van der Waals surface area contributed by atoms with E-state index in [0.29, 0.717) is 12.5 Å². The summed E-state index contributed by atoms with van der Waals surface area (Å²) in [6.45, 7) is 10.9. The lowest BCUT2D eigenvalue weighted by atomic mass is 10.2. The summed E-state index contributed by atoms with van der Waals surface area (Å²) in [5, 5.41) is 2.98. The van der Waals surface area contributed by atoms with E-state index in [9.17, 15) is 4.79 Å². The van der Waals surface area contributed by atoms with E-state index in [2.05, 4.69) is 36.2 Å². The van der Waals surface area contributed by atoms with Gasteiger partial charge in [-0.2, -0.15) is 0 Å². The first kappa shape index (κ1) is 16.5. The van der Waals surface area contributed by atoms with Crippen LogP contribution in [-0.4, -0.2) is 50.3 Å². The quantitative estimate of drug-likeness (QED) is 0.909. The fourth-order valence-electron chi connectivity index (χ4n) is 2.49. The van der Waals surface area contributed by atoms with Gasteiger partial charge in [-0.25, -0.2) is 4.79 Å². The molecule has 1 saturated heterocycles. The zero-order valence-electron chi connectivity index (χ0n) is 13.8. The molecule has 1 N–H and O–H groups in total. The largest absolute Gasteiger partial charge is 0.494 e. The number of rotatable bonds is 5. The number of carbonyl (C=O) groups is 1. The summed E-state index contributed by atoms with van der Waals surface area (Å²) in [5.74, 6) is 1.38. The molecule has 0 aromatic heterocycles. The highest BCUT2D eigenvalue weighted by molar-refractivity contribution is 5.74. The second kappa shape index (κ2) is 7.92. The third-order valence-electron chi connectivity index (χ3n) is 3.74. The van der Waals surface area contributed by atoms with Crippen molar-refractivity contribution in [3.05, 3.63) is 24.3 Å². The predicted octanol–water partition coefficient (Wildman–Crippen LogP) is 2.57. The molecule has 2 amide bonds. The van der Waals surface area contributed by atoms with Crippen LogP contribution in [0.3, 0.4) is 0 Å². The Kier molecular flexibility index (Phi) is 5.92. The Hall–Kier alpha value is -1.91. The molecule has 0 saturated carbocycles. The Morgan fingerprint density at radius 3 is 2.36 bits per heavy atom. The van der Waals surface area contributed by atoms with Crippen molar-refractivity contribution < 1.29 is 9.53 Å². The minimum atomic E-state index is 0.0556. The maximum Gasteiger partial charge on any atom is 0.317 e. The second-order valence-electron chi connectivity index (χ2n) is 5.98. The lowest BCUT2D eigenvalue weighted by molar-refractivity contribution is 0.193. The normalized spacial score (nSPS) is 15.1. The van der Waals surface area contributed by atoms with E-state index >= 15 is 0 Å². The molecule has 1 fully saturated rings. The van der Waals surface area contributed by atoms with Gasteiger partial charge in [-0.1, -0.05) is 13.8 Å². The number of ether oxygens (including phenoxy) is 1. The summed E-state index contributed by atoms with van der Waals surface area (Å²) >= 11 is 0. The van der Waals surface area contributed by atoms with Gasteiger partial charge in [0.25, 0.3) is 0 Å². The fourth-order valence-corrected chi connectivity index (χ4v) is 2.49. The summed E-state index contributed by atoms with van der Waals surface area (Å²) in [7, 11) is 0. The Bertz CT molecular complexity index is 465. The zero-order valence-corrected chi connectivity index (χ0v) is 13.8. The summed E-state index contributed by atoms with van der Waals surface area (Å²) in [6, 6.07) is 8.22. The van der Waals surface area contributed by atoms with Gasteiger partial charge in [0.15, 0.2) is 0 Å². The van der Waals surface area contributed by atoms with Crippen molar-refractivity contribution in [3.63, 3.8) is 0 Å². The van der Waals surface area contributed by atoms with E-state index in [1.165, 1.54) is 5.69 Å². The molecule has 122 valence electrons. The fraction of sp³-hybridized carbons (Fsp3) is 0.588. The molecule has 5 nitrogen and oxygen atoms in total. The first-order valence-corrected chi connectivity index (χ1v) is 8.10. The van der Waals surface area contributed by atoms with Crippen LogP contribution in [0.15, 0.2) is 24.3 Å². The van der Waals surface area contributed by atoms with Gasteiger partial charge in [0.2, 0.25) is 0 Å². The van der Waals surface area contributed by atoms with Gasteiger partial charge in [0.05, 0.1) is 6.61 Å². The van der Waals surface area contributed by atoms with Gasteiger partial charge in [-0.15, -0.1) is 0 Å². The highest BCUT2D eigenvalue weighted by Crippen LogP contribution is 2.20. The number of urea groups is 1. The van der Waals surface area contributed by atoms with Crippen LogP contribution in [0.4, 0.5) is 10.5 Å².